The topological polar surface area (TPSA) is 41.1 Å². The fourth-order valence-electron chi connectivity index (χ4n) is 2.94. The SMILES string of the molecule is CCNC(=O)c1ccc(NC2CCCCC2(C)C)cc1. The van der Waals surface area contributed by atoms with Crippen molar-refractivity contribution >= 4 is 11.6 Å². The summed E-state index contributed by atoms with van der Waals surface area (Å²) in [5, 5.41) is 6.45. The van der Waals surface area contributed by atoms with Crippen molar-refractivity contribution in [1.29, 1.82) is 0 Å². The molecule has 0 spiro atoms. The first-order valence-corrected chi connectivity index (χ1v) is 7.68. The van der Waals surface area contributed by atoms with E-state index in [1.54, 1.807) is 0 Å². The van der Waals surface area contributed by atoms with Gasteiger partial charge in [0.15, 0.2) is 0 Å². The van der Waals surface area contributed by atoms with Gasteiger partial charge in [-0.25, -0.2) is 0 Å². The summed E-state index contributed by atoms with van der Waals surface area (Å²) in [4.78, 5) is 11.7. The number of anilines is 1. The van der Waals surface area contributed by atoms with Crippen LogP contribution in [0.2, 0.25) is 0 Å². The molecule has 0 aromatic heterocycles. The Hall–Kier alpha value is -1.51. The van der Waals surface area contributed by atoms with Gasteiger partial charge in [0.05, 0.1) is 0 Å². The average molecular weight is 274 g/mol. The van der Waals surface area contributed by atoms with Crippen LogP contribution in [0.1, 0.15) is 56.8 Å². The smallest absolute Gasteiger partial charge is 0.251 e. The van der Waals surface area contributed by atoms with Crippen molar-refractivity contribution in [2.45, 2.75) is 52.5 Å². The molecule has 0 radical (unpaired) electrons. The zero-order valence-corrected chi connectivity index (χ0v) is 12.8. The maximum absolute atomic E-state index is 11.7. The van der Waals surface area contributed by atoms with Gasteiger partial charge in [-0.15, -0.1) is 0 Å². The molecule has 1 aromatic carbocycles. The third kappa shape index (κ3) is 3.53. The highest BCUT2D eigenvalue weighted by molar-refractivity contribution is 5.94. The van der Waals surface area contributed by atoms with Gasteiger partial charge in [-0.3, -0.25) is 4.79 Å². The molecule has 1 fully saturated rings. The van der Waals surface area contributed by atoms with Crippen molar-refractivity contribution in [3.05, 3.63) is 29.8 Å². The summed E-state index contributed by atoms with van der Waals surface area (Å²) in [6, 6.07) is 8.32. The second-order valence-electron chi connectivity index (χ2n) is 6.37. The fourth-order valence-corrected chi connectivity index (χ4v) is 2.94. The van der Waals surface area contributed by atoms with Crippen LogP contribution in [-0.2, 0) is 0 Å². The summed E-state index contributed by atoms with van der Waals surface area (Å²) >= 11 is 0. The molecular weight excluding hydrogens is 248 g/mol. The van der Waals surface area contributed by atoms with E-state index in [4.69, 9.17) is 0 Å². The normalized spacial score (nSPS) is 21.2. The third-order valence-electron chi connectivity index (χ3n) is 4.33. The van der Waals surface area contributed by atoms with Crippen LogP contribution in [0.3, 0.4) is 0 Å². The number of benzene rings is 1. The maximum atomic E-state index is 11.7. The second kappa shape index (κ2) is 6.29. The van der Waals surface area contributed by atoms with Crippen LogP contribution >= 0.6 is 0 Å². The monoisotopic (exact) mass is 274 g/mol. The van der Waals surface area contributed by atoms with Gasteiger partial charge >= 0.3 is 0 Å². The maximum Gasteiger partial charge on any atom is 0.251 e. The number of rotatable bonds is 4. The molecule has 1 atom stereocenters. The molecule has 0 heterocycles. The van der Waals surface area contributed by atoms with Gasteiger partial charge < -0.3 is 10.6 Å². The van der Waals surface area contributed by atoms with Crippen LogP contribution in [-0.4, -0.2) is 18.5 Å². The lowest BCUT2D eigenvalue weighted by atomic mass is 9.73. The summed E-state index contributed by atoms with van der Waals surface area (Å²) in [5.74, 6) is -0.00273. The molecular formula is C17H26N2O. The largest absolute Gasteiger partial charge is 0.382 e. The molecule has 1 aliphatic rings. The van der Waals surface area contributed by atoms with Crippen molar-refractivity contribution < 1.29 is 4.79 Å². The molecule has 2 rings (SSSR count). The van der Waals surface area contributed by atoms with E-state index >= 15 is 0 Å². The van der Waals surface area contributed by atoms with Crippen molar-refractivity contribution in [3.63, 3.8) is 0 Å². The Morgan fingerprint density at radius 2 is 1.95 bits per heavy atom. The number of hydrogen-bond donors (Lipinski definition) is 2. The van der Waals surface area contributed by atoms with Crippen LogP contribution in [0.4, 0.5) is 5.69 Å². The summed E-state index contributed by atoms with van der Waals surface area (Å²) in [5.41, 5.74) is 2.18. The van der Waals surface area contributed by atoms with Crippen molar-refractivity contribution in [2.24, 2.45) is 5.41 Å². The van der Waals surface area contributed by atoms with Gasteiger partial charge in [0.25, 0.3) is 5.91 Å². The first-order chi connectivity index (χ1) is 9.53. The minimum absolute atomic E-state index is 0.00273. The van der Waals surface area contributed by atoms with Gasteiger partial charge in [-0.1, -0.05) is 26.7 Å². The highest BCUT2D eigenvalue weighted by atomic mass is 16.1. The Morgan fingerprint density at radius 1 is 1.25 bits per heavy atom. The van der Waals surface area contributed by atoms with Gasteiger partial charge in [0, 0.05) is 23.8 Å². The number of amides is 1. The molecule has 1 amide bonds. The van der Waals surface area contributed by atoms with E-state index in [0.717, 1.165) is 11.3 Å². The lowest BCUT2D eigenvalue weighted by Crippen LogP contribution is -2.38. The molecule has 1 aromatic rings. The van der Waals surface area contributed by atoms with Crippen LogP contribution < -0.4 is 10.6 Å². The average Bonchev–Trinajstić information content (AvgIpc) is 2.42. The van der Waals surface area contributed by atoms with Crippen molar-refractivity contribution in [2.75, 3.05) is 11.9 Å². The Balaban J connectivity index is 2.01. The highest BCUT2D eigenvalue weighted by Gasteiger charge is 2.31. The Kier molecular flexibility index (Phi) is 4.69. The Bertz CT molecular complexity index is 451. The fraction of sp³-hybridized carbons (Fsp3) is 0.588. The predicted molar refractivity (Wildman–Crippen MR) is 84.1 cm³/mol. The number of carbonyl (C=O) groups excluding carboxylic acids is 1. The molecule has 3 heteroatoms. The minimum atomic E-state index is -0.00273. The zero-order chi connectivity index (χ0) is 14.6. The van der Waals surface area contributed by atoms with Crippen LogP contribution in [0.5, 0.6) is 0 Å². The van der Waals surface area contributed by atoms with Crippen LogP contribution in [0.25, 0.3) is 0 Å². The molecule has 1 aliphatic carbocycles. The minimum Gasteiger partial charge on any atom is -0.382 e. The lowest BCUT2D eigenvalue weighted by Gasteiger charge is -2.39. The van der Waals surface area contributed by atoms with E-state index in [1.165, 1.54) is 25.7 Å². The first kappa shape index (κ1) is 14.9. The number of hydrogen-bond acceptors (Lipinski definition) is 2. The highest BCUT2D eigenvalue weighted by Crippen LogP contribution is 2.37. The molecule has 3 nitrogen and oxygen atoms in total. The lowest BCUT2D eigenvalue weighted by molar-refractivity contribution is 0.0956. The molecule has 110 valence electrons. The van der Waals surface area contributed by atoms with Crippen LogP contribution in [0.15, 0.2) is 24.3 Å². The zero-order valence-electron chi connectivity index (χ0n) is 12.8. The van der Waals surface area contributed by atoms with Gasteiger partial charge in [-0.2, -0.15) is 0 Å². The summed E-state index contributed by atoms with van der Waals surface area (Å²) in [6.07, 6.45) is 5.14. The van der Waals surface area contributed by atoms with Crippen molar-refractivity contribution in [1.82, 2.24) is 5.32 Å². The molecule has 0 aliphatic heterocycles. The van der Waals surface area contributed by atoms with E-state index in [2.05, 4.69) is 24.5 Å². The Labute approximate surface area is 122 Å². The van der Waals surface area contributed by atoms with E-state index in [9.17, 15) is 4.79 Å². The Morgan fingerprint density at radius 3 is 2.55 bits per heavy atom. The van der Waals surface area contributed by atoms with E-state index in [0.29, 0.717) is 18.0 Å². The molecule has 1 unspecified atom stereocenters. The van der Waals surface area contributed by atoms with Gasteiger partial charge in [0.1, 0.15) is 0 Å². The van der Waals surface area contributed by atoms with E-state index < -0.39 is 0 Å². The predicted octanol–water partition coefficient (Wildman–Crippen LogP) is 3.82. The van der Waals surface area contributed by atoms with E-state index in [-0.39, 0.29) is 5.91 Å². The molecule has 0 bridgehead atoms. The van der Waals surface area contributed by atoms with Crippen LogP contribution in [0, 0.1) is 5.41 Å². The standard InChI is InChI=1S/C17H26N2O/c1-4-18-16(20)13-8-10-14(11-9-13)19-15-7-5-6-12-17(15,2)3/h8-11,15,19H,4-7,12H2,1-3H3,(H,18,20). The third-order valence-corrected chi connectivity index (χ3v) is 4.33. The van der Waals surface area contributed by atoms with E-state index in [1.807, 2.05) is 31.2 Å². The molecule has 20 heavy (non-hydrogen) atoms. The van der Waals surface area contributed by atoms with Gasteiger partial charge in [0.2, 0.25) is 0 Å². The van der Waals surface area contributed by atoms with Crippen molar-refractivity contribution in [3.8, 4) is 0 Å². The quantitative estimate of drug-likeness (QED) is 0.876. The summed E-state index contributed by atoms with van der Waals surface area (Å²) < 4.78 is 0. The molecule has 0 saturated heterocycles. The first-order valence-electron chi connectivity index (χ1n) is 7.68. The number of carbonyl (C=O) groups is 1. The summed E-state index contributed by atoms with van der Waals surface area (Å²) in [6.45, 7) is 7.27. The molecule has 2 N–H and O–H groups in total. The number of nitrogens with one attached hydrogen (secondary N) is 2. The van der Waals surface area contributed by atoms with Gasteiger partial charge in [-0.05, 0) is 49.4 Å². The second-order valence-corrected chi connectivity index (χ2v) is 6.37. The summed E-state index contributed by atoms with van der Waals surface area (Å²) in [7, 11) is 0. The molecule has 1 saturated carbocycles.